The number of ether oxygens (including phenoxy) is 1. The third kappa shape index (κ3) is 5.19. The van der Waals surface area contributed by atoms with Gasteiger partial charge in [-0.15, -0.1) is 0 Å². The second-order valence-corrected chi connectivity index (χ2v) is 6.77. The predicted octanol–water partition coefficient (Wildman–Crippen LogP) is 4.24. The van der Waals surface area contributed by atoms with Crippen molar-refractivity contribution in [2.24, 2.45) is 0 Å². The monoisotopic (exact) mass is 351 g/mol. The van der Waals surface area contributed by atoms with E-state index in [1.54, 1.807) is 31.2 Å². The first-order valence-electron chi connectivity index (χ1n) is 9.20. The molecule has 0 saturated heterocycles. The molecule has 2 aromatic carbocycles. The number of benzene rings is 2. The Labute approximate surface area is 154 Å². The number of carbonyl (C=O) groups excluding carboxylic acids is 2. The molecule has 1 fully saturated rings. The van der Waals surface area contributed by atoms with Crippen LogP contribution in [0, 0.1) is 0 Å². The molecule has 136 valence electrons. The van der Waals surface area contributed by atoms with E-state index < -0.39 is 0 Å². The molecule has 1 aliphatic rings. The lowest BCUT2D eigenvalue weighted by Crippen LogP contribution is -2.32. The molecule has 3 rings (SSSR count). The van der Waals surface area contributed by atoms with Crippen molar-refractivity contribution in [3.63, 3.8) is 0 Å². The van der Waals surface area contributed by atoms with Crippen molar-refractivity contribution >= 4 is 11.7 Å². The van der Waals surface area contributed by atoms with E-state index in [9.17, 15) is 9.59 Å². The molecule has 0 aliphatic heterocycles. The summed E-state index contributed by atoms with van der Waals surface area (Å²) in [4.78, 5) is 25.9. The van der Waals surface area contributed by atoms with Gasteiger partial charge in [0.25, 0.3) is 0 Å². The van der Waals surface area contributed by atoms with E-state index in [1.807, 2.05) is 23.1 Å². The fourth-order valence-corrected chi connectivity index (χ4v) is 2.93. The van der Waals surface area contributed by atoms with Crippen molar-refractivity contribution < 1.29 is 14.3 Å². The molecule has 0 radical (unpaired) electrons. The summed E-state index contributed by atoms with van der Waals surface area (Å²) in [6.07, 6.45) is 3.40. The lowest BCUT2D eigenvalue weighted by molar-refractivity contribution is -0.132. The zero-order chi connectivity index (χ0) is 18.4. The summed E-state index contributed by atoms with van der Waals surface area (Å²) < 4.78 is 5.68. The summed E-state index contributed by atoms with van der Waals surface area (Å²) in [5, 5.41) is 0. The van der Waals surface area contributed by atoms with E-state index in [1.165, 1.54) is 5.56 Å². The molecule has 1 saturated carbocycles. The number of amides is 1. The summed E-state index contributed by atoms with van der Waals surface area (Å²) in [5.41, 5.74) is 1.85. The quantitative estimate of drug-likeness (QED) is 0.501. The van der Waals surface area contributed by atoms with Gasteiger partial charge in [-0.1, -0.05) is 30.3 Å². The van der Waals surface area contributed by atoms with Gasteiger partial charge in [0, 0.05) is 24.6 Å². The Hall–Kier alpha value is -2.62. The fourth-order valence-electron chi connectivity index (χ4n) is 2.93. The molecule has 0 bridgehead atoms. The molecule has 1 amide bonds. The summed E-state index contributed by atoms with van der Waals surface area (Å²) in [7, 11) is 0. The highest BCUT2D eigenvalue weighted by Crippen LogP contribution is 2.29. The standard InChI is InChI=1S/C22H25NO3/c1-17(24)19-9-13-21(14-10-19)26-15-5-8-22(25)23(20-11-12-20)16-18-6-3-2-4-7-18/h2-4,6-7,9-10,13-14,20H,5,8,11-12,15-16H2,1H3. The van der Waals surface area contributed by atoms with Gasteiger partial charge in [-0.2, -0.15) is 0 Å². The van der Waals surface area contributed by atoms with Crippen LogP contribution in [0.2, 0.25) is 0 Å². The van der Waals surface area contributed by atoms with E-state index in [0.717, 1.165) is 18.6 Å². The van der Waals surface area contributed by atoms with Crippen molar-refractivity contribution in [2.45, 2.75) is 45.2 Å². The van der Waals surface area contributed by atoms with E-state index in [-0.39, 0.29) is 11.7 Å². The molecule has 26 heavy (non-hydrogen) atoms. The molecule has 2 aromatic rings. The Bertz CT molecular complexity index is 736. The highest BCUT2D eigenvalue weighted by Gasteiger charge is 2.32. The first kappa shape index (κ1) is 18.2. The van der Waals surface area contributed by atoms with Gasteiger partial charge in [0.05, 0.1) is 6.61 Å². The van der Waals surface area contributed by atoms with Crippen LogP contribution in [0.15, 0.2) is 54.6 Å². The lowest BCUT2D eigenvalue weighted by Gasteiger charge is -2.22. The Kier molecular flexibility index (Phi) is 6.05. The zero-order valence-corrected chi connectivity index (χ0v) is 15.2. The smallest absolute Gasteiger partial charge is 0.223 e. The maximum absolute atomic E-state index is 12.6. The van der Waals surface area contributed by atoms with Gasteiger partial charge in [0.15, 0.2) is 5.78 Å². The average Bonchev–Trinajstić information content (AvgIpc) is 3.49. The largest absolute Gasteiger partial charge is 0.494 e. The number of hydrogen-bond acceptors (Lipinski definition) is 3. The summed E-state index contributed by atoms with van der Waals surface area (Å²) >= 11 is 0. The fraction of sp³-hybridized carbons (Fsp3) is 0.364. The van der Waals surface area contributed by atoms with Gasteiger partial charge in [0.1, 0.15) is 5.75 Å². The van der Waals surface area contributed by atoms with Gasteiger partial charge in [-0.3, -0.25) is 9.59 Å². The SMILES string of the molecule is CC(=O)c1ccc(OCCCC(=O)N(Cc2ccccc2)C2CC2)cc1. The van der Waals surface area contributed by atoms with Crippen molar-refractivity contribution in [3.8, 4) is 5.75 Å². The summed E-state index contributed by atoms with van der Waals surface area (Å²) in [6.45, 7) is 2.73. The molecular formula is C22H25NO3. The number of nitrogens with zero attached hydrogens (tertiary/aromatic N) is 1. The molecule has 0 heterocycles. The van der Waals surface area contributed by atoms with Gasteiger partial charge in [0.2, 0.25) is 5.91 Å². The number of ketones is 1. The third-order valence-electron chi connectivity index (χ3n) is 4.57. The van der Waals surface area contributed by atoms with Crippen LogP contribution in [-0.4, -0.2) is 29.2 Å². The van der Waals surface area contributed by atoms with Gasteiger partial charge >= 0.3 is 0 Å². The molecule has 0 atom stereocenters. The van der Waals surface area contributed by atoms with Crippen LogP contribution < -0.4 is 4.74 Å². The topological polar surface area (TPSA) is 46.6 Å². The van der Waals surface area contributed by atoms with Crippen LogP contribution >= 0.6 is 0 Å². The van der Waals surface area contributed by atoms with Gasteiger partial charge in [-0.25, -0.2) is 0 Å². The van der Waals surface area contributed by atoms with Crippen LogP contribution in [0.3, 0.4) is 0 Å². The van der Waals surface area contributed by atoms with Crippen molar-refractivity contribution in [1.29, 1.82) is 0 Å². The van der Waals surface area contributed by atoms with Gasteiger partial charge < -0.3 is 9.64 Å². The van der Waals surface area contributed by atoms with Crippen molar-refractivity contribution in [3.05, 3.63) is 65.7 Å². The predicted molar refractivity (Wildman–Crippen MR) is 101 cm³/mol. The molecule has 0 unspecified atom stereocenters. The van der Waals surface area contributed by atoms with Crippen molar-refractivity contribution in [1.82, 2.24) is 4.90 Å². The van der Waals surface area contributed by atoms with Crippen LogP contribution in [0.1, 0.15) is 48.5 Å². The van der Waals surface area contributed by atoms with Crippen LogP contribution in [0.25, 0.3) is 0 Å². The average molecular weight is 351 g/mol. The molecule has 0 spiro atoms. The second kappa shape index (κ2) is 8.65. The summed E-state index contributed by atoms with van der Waals surface area (Å²) in [5.74, 6) is 0.971. The van der Waals surface area contributed by atoms with E-state index in [4.69, 9.17) is 4.74 Å². The minimum Gasteiger partial charge on any atom is -0.494 e. The zero-order valence-electron chi connectivity index (χ0n) is 15.2. The third-order valence-corrected chi connectivity index (χ3v) is 4.57. The summed E-state index contributed by atoms with van der Waals surface area (Å²) in [6, 6.07) is 17.7. The maximum Gasteiger partial charge on any atom is 0.223 e. The Morgan fingerprint density at radius 1 is 1.04 bits per heavy atom. The number of carbonyl (C=O) groups is 2. The first-order chi connectivity index (χ1) is 12.6. The van der Waals surface area contributed by atoms with Crippen LogP contribution in [-0.2, 0) is 11.3 Å². The molecule has 4 nitrogen and oxygen atoms in total. The first-order valence-corrected chi connectivity index (χ1v) is 9.20. The van der Waals surface area contributed by atoms with Gasteiger partial charge in [-0.05, 0) is 56.0 Å². The highest BCUT2D eigenvalue weighted by molar-refractivity contribution is 5.94. The number of Topliss-reactive ketones (excluding diaryl/α,β-unsaturated/α-hetero) is 1. The molecule has 0 N–H and O–H groups in total. The van der Waals surface area contributed by atoms with E-state index in [2.05, 4.69) is 12.1 Å². The normalized spacial score (nSPS) is 13.3. The molecule has 1 aliphatic carbocycles. The highest BCUT2D eigenvalue weighted by atomic mass is 16.5. The Balaban J connectivity index is 1.44. The second-order valence-electron chi connectivity index (χ2n) is 6.77. The molecule has 4 heteroatoms. The number of rotatable bonds is 9. The Morgan fingerprint density at radius 3 is 2.35 bits per heavy atom. The van der Waals surface area contributed by atoms with Crippen molar-refractivity contribution in [2.75, 3.05) is 6.61 Å². The molecular weight excluding hydrogens is 326 g/mol. The maximum atomic E-state index is 12.6. The van der Waals surface area contributed by atoms with E-state index >= 15 is 0 Å². The number of hydrogen-bond donors (Lipinski definition) is 0. The van der Waals surface area contributed by atoms with Crippen LogP contribution in [0.5, 0.6) is 5.75 Å². The molecule has 0 aromatic heterocycles. The lowest BCUT2D eigenvalue weighted by atomic mass is 10.1. The minimum absolute atomic E-state index is 0.0423. The van der Waals surface area contributed by atoms with Crippen LogP contribution in [0.4, 0.5) is 0 Å². The Morgan fingerprint density at radius 2 is 1.73 bits per heavy atom. The van der Waals surface area contributed by atoms with E-state index in [0.29, 0.717) is 37.6 Å². The minimum atomic E-state index is 0.0423.